The van der Waals surface area contributed by atoms with Crippen LogP contribution in [0.15, 0.2) is 50.8 Å². The molecule has 5 nitrogen and oxygen atoms in total. The number of aromatic nitrogens is 3. The second-order valence-corrected chi connectivity index (χ2v) is 8.48. The molecular formula is C21H22BrN3O2S. The minimum Gasteiger partial charge on any atom is -0.318 e. The van der Waals surface area contributed by atoms with Crippen molar-refractivity contribution in [2.45, 2.75) is 38.8 Å². The first-order valence-corrected chi connectivity index (χ1v) is 10.9. The number of aromatic amines is 1. The summed E-state index contributed by atoms with van der Waals surface area (Å²) in [6.45, 7) is 5.99. The van der Waals surface area contributed by atoms with Gasteiger partial charge in [0.05, 0.1) is 5.75 Å². The highest BCUT2D eigenvalue weighted by Crippen LogP contribution is 2.24. The standard InChI is InChI=1S/C21H22BrN3O2S/c1-4-5-16-11-20(27)24-21(23-16)28-12-19(26)18-10-13(2)25(14(18)3)17-8-6-15(22)7-9-17/h6-11H,4-5,12H2,1-3H3,(H,23,24,27). The normalized spacial score (nSPS) is 11.0. The molecule has 3 rings (SSSR count). The molecular weight excluding hydrogens is 438 g/mol. The Morgan fingerprint density at radius 3 is 2.61 bits per heavy atom. The van der Waals surface area contributed by atoms with E-state index >= 15 is 0 Å². The Morgan fingerprint density at radius 1 is 1.21 bits per heavy atom. The van der Waals surface area contributed by atoms with Crippen molar-refractivity contribution in [2.24, 2.45) is 0 Å². The highest BCUT2D eigenvalue weighted by atomic mass is 79.9. The van der Waals surface area contributed by atoms with Crippen molar-refractivity contribution < 1.29 is 4.79 Å². The van der Waals surface area contributed by atoms with Crippen LogP contribution in [0, 0.1) is 13.8 Å². The Labute approximate surface area is 176 Å². The van der Waals surface area contributed by atoms with Gasteiger partial charge in [-0.15, -0.1) is 0 Å². The minimum absolute atomic E-state index is 0.0185. The van der Waals surface area contributed by atoms with Crippen LogP contribution in [0.4, 0.5) is 0 Å². The van der Waals surface area contributed by atoms with E-state index < -0.39 is 0 Å². The zero-order valence-electron chi connectivity index (χ0n) is 16.1. The summed E-state index contributed by atoms with van der Waals surface area (Å²) in [6, 6.07) is 11.4. The highest BCUT2D eigenvalue weighted by Gasteiger charge is 2.17. The number of carbonyl (C=O) groups excluding carboxylic acids is 1. The zero-order chi connectivity index (χ0) is 20.3. The quantitative estimate of drug-likeness (QED) is 0.311. The maximum Gasteiger partial charge on any atom is 0.251 e. The van der Waals surface area contributed by atoms with Crippen LogP contribution in [0.3, 0.4) is 0 Å². The summed E-state index contributed by atoms with van der Waals surface area (Å²) in [7, 11) is 0. The van der Waals surface area contributed by atoms with E-state index in [0.29, 0.717) is 10.7 Å². The third-order valence-corrected chi connectivity index (χ3v) is 5.84. The molecule has 146 valence electrons. The second kappa shape index (κ2) is 8.92. The molecule has 0 fully saturated rings. The van der Waals surface area contributed by atoms with E-state index in [0.717, 1.165) is 40.1 Å². The number of hydrogen-bond donors (Lipinski definition) is 1. The van der Waals surface area contributed by atoms with E-state index in [4.69, 9.17) is 0 Å². The predicted molar refractivity (Wildman–Crippen MR) is 117 cm³/mol. The molecule has 0 bridgehead atoms. The van der Waals surface area contributed by atoms with Crippen molar-refractivity contribution in [1.29, 1.82) is 0 Å². The van der Waals surface area contributed by atoms with Crippen LogP contribution in [0.2, 0.25) is 0 Å². The molecule has 1 N–H and O–H groups in total. The van der Waals surface area contributed by atoms with Crippen LogP contribution < -0.4 is 5.56 Å². The number of nitrogens with one attached hydrogen (secondary N) is 1. The SMILES string of the molecule is CCCc1cc(=O)[nH]c(SCC(=O)c2cc(C)n(-c3ccc(Br)cc3)c2C)n1. The van der Waals surface area contributed by atoms with Gasteiger partial charge in [-0.2, -0.15) is 0 Å². The lowest BCUT2D eigenvalue weighted by molar-refractivity contribution is 0.102. The number of hydrogen-bond acceptors (Lipinski definition) is 4. The molecule has 3 aromatic rings. The lowest BCUT2D eigenvalue weighted by atomic mass is 10.2. The number of rotatable bonds is 7. The fourth-order valence-corrected chi connectivity index (χ4v) is 4.22. The van der Waals surface area contributed by atoms with Crippen LogP contribution in [-0.2, 0) is 6.42 Å². The molecule has 28 heavy (non-hydrogen) atoms. The molecule has 2 heterocycles. The van der Waals surface area contributed by atoms with Crippen molar-refractivity contribution in [1.82, 2.24) is 14.5 Å². The van der Waals surface area contributed by atoms with Crippen molar-refractivity contribution in [3.8, 4) is 5.69 Å². The maximum atomic E-state index is 12.8. The van der Waals surface area contributed by atoms with E-state index in [9.17, 15) is 9.59 Å². The molecule has 0 radical (unpaired) electrons. The average Bonchev–Trinajstić information content (AvgIpc) is 2.95. The van der Waals surface area contributed by atoms with Crippen molar-refractivity contribution in [2.75, 3.05) is 5.75 Å². The number of Topliss-reactive ketones (excluding diaryl/α,β-unsaturated/α-hetero) is 1. The van der Waals surface area contributed by atoms with Gasteiger partial charge < -0.3 is 9.55 Å². The molecule has 1 aromatic carbocycles. The molecule has 0 atom stereocenters. The van der Waals surface area contributed by atoms with Gasteiger partial charge in [0.2, 0.25) is 0 Å². The largest absolute Gasteiger partial charge is 0.318 e. The van der Waals surface area contributed by atoms with Gasteiger partial charge in [-0.05, 0) is 50.6 Å². The summed E-state index contributed by atoms with van der Waals surface area (Å²) in [4.78, 5) is 31.8. The van der Waals surface area contributed by atoms with Crippen LogP contribution in [0.1, 0.15) is 40.8 Å². The number of nitrogens with zero attached hydrogens (tertiary/aromatic N) is 2. The lowest BCUT2D eigenvalue weighted by Crippen LogP contribution is -2.11. The number of ketones is 1. The molecule has 2 aromatic heterocycles. The van der Waals surface area contributed by atoms with Gasteiger partial charge in [0, 0.05) is 38.9 Å². The third kappa shape index (κ3) is 4.64. The van der Waals surface area contributed by atoms with Crippen molar-refractivity contribution in [3.05, 3.63) is 73.9 Å². The molecule has 0 aliphatic carbocycles. The average molecular weight is 460 g/mol. The monoisotopic (exact) mass is 459 g/mol. The summed E-state index contributed by atoms with van der Waals surface area (Å²) in [5, 5.41) is 0.492. The number of aryl methyl sites for hydroxylation is 2. The topological polar surface area (TPSA) is 67.8 Å². The first kappa shape index (κ1) is 20.6. The van der Waals surface area contributed by atoms with E-state index in [1.807, 2.05) is 51.1 Å². The van der Waals surface area contributed by atoms with Gasteiger partial charge in [0.1, 0.15) is 0 Å². The summed E-state index contributed by atoms with van der Waals surface area (Å²) >= 11 is 4.72. The summed E-state index contributed by atoms with van der Waals surface area (Å²) in [5.41, 5.74) is 4.20. The summed E-state index contributed by atoms with van der Waals surface area (Å²) in [6.07, 6.45) is 1.67. The Hall–Kier alpha value is -2.12. The van der Waals surface area contributed by atoms with Crippen molar-refractivity contribution >= 4 is 33.5 Å². The fraction of sp³-hybridized carbons (Fsp3) is 0.286. The number of benzene rings is 1. The van der Waals surface area contributed by atoms with Crippen LogP contribution >= 0.6 is 27.7 Å². The van der Waals surface area contributed by atoms with Gasteiger partial charge in [0.25, 0.3) is 5.56 Å². The zero-order valence-corrected chi connectivity index (χ0v) is 18.5. The van der Waals surface area contributed by atoms with Crippen molar-refractivity contribution in [3.63, 3.8) is 0 Å². The number of H-pyrrole nitrogens is 1. The van der Waals surface area contributed by atoms with Gasteiger partial charge in [-0.3, -0.25) is 9.59 Å². The molecule has 7 heteroatoms. The Kier molecular flexibility index (Phi) is 6.57. The van der Waals surface area contributed by atoms with Crippen LogP contribution in [0.25, 0.3) is 5.69 Å². The molecule has 0 spiro atoms. The molecule has 0 saturated carbocycles. The van der Waals surface area contributed by atoms with Gasteiger partial charge in [-0.1, -0.05) is 41.0 Å². The first-order valence-electron chi connectivity index (χ1n) is 9.10. The highest BCUT2D eigenvalue weighted by molar-refractivity contribution is 9.10. The van der Waals surface area contributed by atoms with Gasteiger partial charge in [-0.25, -0.2) is 4.98 Å². The summed E-state index contributed by atoms with van der Waals surface area (Å²) in [5.74, 6) is 0.244. The third-order valence-electron chi connectivity index (χ3n) is 4.44. The number of halogens is 1. The van der Waals surface area contributed by atoms with E-state index in [1.54, 1.807) is 0 Å². The first-order chi connectivity index (χ1) is 13.4. The molecule has 0 aliphatic rings. The predicted octanol–water partition coefficient (Wildman–Crippen LogP) is 4.87. The van der Waals surface area contributed by atoms with Crippen LogP contribution in [0.5, 0.6) is 0 Å². The smallest absolute Gasteiger partial charge is 0.251 e. The van der Waals surface area contributed by atoms with Gasteiger partial charge >= 0.3 is 0 Å². The van der Waals surface area contributed by atoms with E-state index in [-0.39, 0.29) is 17.1 Å². The molecule has 0 aliphatic heterocycles. The Balaban J connectivity index is 1.79. The molecule has 0 unspecified atom stereocenters. The molecule has 0 amide bonds. The lowest BCUT2D eigenvalue weighted by Gasteiger charge is -2.10. The fourth-order valence-electron chi connectivity index (χ4n) is 3.18. The Bertz CT molecular complexity index is 1050. The maximum absolute atomic E-state index is 12.8. The second-order valence-electron chi connectivity index (χ2n) is 6.60. The van der Waals surface area contributed by atoms with Gasteiger partial charge in [0.15, 0.2) is 10.9 Å². The summed E-state index contributed by atoms with van der Waals surface area (Å²) < 4.78 is 3.09. The van der Waals surface area contributed by atoms with E-state index in [2.05, 4.69) is 30.5 Å². The van der Waals surface area contributed by atoms with Crippen LogP contribution in [-0.4, -0.2) is 26.1 Å². The number of thioether (sulfide) groups is 1. The Morgan fingerprint density at radius 2 is 1.93 bits per heavy atom. The van der Waals surface area contributed by atoms with E-state index in [1.165, 1.54) is 17.8 Å². The number of carbonyl (C=O) groups is 1. The minimum atomic E-state index is -0.179. The molecule has 0 saturated heterocycles.